The topological polar surface area (TPSA) is 90.4 Å². The van der Waals surface area contributed by atoms with Crippen molar-refractivity contribution < 1.29 is 9.90 Å². The number of benzene rings is 2. The molecule has 35 heavy (non-hydrogen) atoms. The highest BCUT2D eigenvalue weighted by molar-refractivity contribution is 7.14. The van der Waals surface area contributed by atoms with Crippen LogP contribution >= 0.6 is 11.3 Å². The van der Waals surface area contributed by atoms with Gasteiger partial charge in [-0.1, -0.05) is 60.7 Å². The highest BCUT2D eigenvalue weighted by Crippen LogP contribution is 2.33. The number of nitrogens with zero attached hydrogens (tertiary/aromatic N) is 3. The summed E-state index contributed by atoms with van der Waals surface area (Å²) in [6, 6.07) is 21.9. The number of hydrogen-bond donors (Lipinski definition) is 2. The van der Waals surface area contributed by atoms with Gasteiger partial charge in [-0.15, -0.1) is 11.3 Å². The summed E-state index contributed by atoms with van der Waals surface area (Å²) in [5.74, 6) is -0.656. The average molecular weight is 483 g/mol. The van der Waals surface area contributed by atoms with Gasteiger partial charge in [0.15, 0.2) is 5.60 Å². The van der Waals surface area contributed by atoms with Gasteiger partial charge in [0.05, 0.1) is 11.8 Å². The van der Waals surface area contributed by atoms with Crippen LogP contribution in [0, 0.1) is 39.0 Å². The number of aryl methyl sites for hydroxylation is 2. The Morgan fingerprint density at radius 2 is 1.63 bits per heavy atom. The monoisotopic (exact) mass is 482 g/mol. The maximum Gasteiger partial charge on any atom is 0.281 e. The Morgan fingerprint density at radius 1 is 1.06 bits per heavy atom. The summed E-state index contributed by atoms with van der Waals surface area (Å²) < 4.78 is 2.04. The van der Waals surface area contributed by atoms with Crippen LogP contribution in [0.1, 0.15) is 44.1 Å². The van der Waals surface area contributed by atoms with Crippen molar-refractivity contribution in [3.63, 3.8) is 0 Å². The van der Waals surface area contributed by atoms with Crippen LogP contribution in [0.25, 0.3) is 5.00 Å². The molecular weight excluding hydrogens is 456 g/mol. The van der Waals surface area contributed by atoms with Crippen molar-refractivity contribution in [3.05, 3.63) is 111 Å². The van der Waals surface area contributed by atoms with Gasteiger partial charge in [-0.2, -0.15) is 10.4 Å². The van der Waals surface area contributed by atoms with Crippen molar-refractivity contribution in [1.82, 2.24) is 9.99 Å². The molecule has 0 aliphatic carbocycles. The van der Waals surface area contributed by atoms with E-state index in [1.54, 1.807) is 66.1 Å². The number of carbonyl (C=O) groups is 1. The summed E-state index contributed by atoms with van der Waals surface area (Å²) in [5, 5.41) is 26.3. The van der Waals surface area contributed by atoms with Gasteiger partial charge in [-0.25, -0.2) is 5.43 Å². The van der Waals surface area contributed by atoms with Gasteiger partial charge in [-0.3, -0.25) is 4.79 Å². The Morgan fingerprint density at radius 3 is 2.17 bits per heavy atom. The second-order valence-electron chi connectivity index (χ2n) is 8.38. The Bertz CT molecular complexity index is 1400. The number of amides is 1. The first kappa shape index (κ1) is 24.1. The van der Waals surface area contributed by atoms with E-state index in [2.05, 4.69) is 16.6 Å². The first-order valence-electron chi connectivity index (χ1n) is 11.1. The van der Waals surface area contributed by atoms with Gasteiger partial charge in [0, 0.05) is 21.8 Å². The van der Waals surface area contributed by atoms with Crippen LogP contribution in [-0.2, 0) is 10.4 Å². The van der Waals surface area contributed by atoms with Crippen molar-refractivity contribution in [2.24, 2.45) is 5.10 Å². The zero-order chi connectivity index (χ0) is 25.2. The van der Waals surface area contributed by atoms with Gasteiger partial charge >= 0.3 is 0 Å². The summed E-state index contributed by atoms with van der Waals surface area (Å²) >= 11 is 1.58. The largest absolute Gasteiger partial charge is 0.372 e. The summed E-state index contributed by atoms with van der Waals surface area (Å²) in [5.41, 5.74) is 5.84. The Kier molecular flexibility index (Phi) is 6.70. The lowest BCUT2D eigenvalue weighted by Crippen LogP contribution is -2.43. The molecule has 2 aromatic heterocycles. The maximum atomic E-state index is 13.2. The van der Waals surface area contributed by atoms with E-state index in [-0.39, 0.29) is 0 Å². The third kappa shape index (κ3) is 4.30. The molecule has 176 valence electrons. The molecule has 4 aromatic rings. The molecule has 0 aliphatic heterocycles. The number of nitriles is 1. The predicted octanol–water partition coefficient (Wildman–Crippen LogP) is 5.03. The zero-order valence-corrected chi connectivity index (χ0v) is 20.9. The molecule has 0 aliphatic rings. The van der Waals surface area contributed by atoms with Gasteiger partial charge in [-0.05, 0) is 50.5 Å². The fourth-order valence-corrected chi connectivity index (χ4v) is 5.38. The lowest BCUT2D eigenvalue weighted by molar-refractivity contribution is -0.136. The van der Waals surface area contributed by atoms with E-state index in [0.717, 1.165) is 32.4 Å². The van der Waals surface area contributed by atoms with Gasteiger partial charge in [0.25, 0.3) is 5.91 Å². The molecule has 0 bridgehead atoms. The van der Waals surface area contributed by atoms with E-state index < -0.39 is 11.5 Å². The van der Waals surface area contributed by atoms with Crippen LogP contribution in [0.3, 0.4) is 0 Å². The molecule has 2 N–H and O–H groups in total. The van der Waals surface area contributed by atoms with E-state index >= 15 is 0 Å². The quantitative estimate of drug-likeness (QED) is 0.298. The average Bonchev–Trinajstić information content (AvgIpc) is 3.32. The highest BCUT2D eigenvalue weighted by Gasteiger charge is 2.39. The molecule has 0 saturated carbocycles. The van der Waals surface area contributed by atoms with Crippen molar-refractivity contribution in [2.45, 2.75) is 33.3 Å². The van der Waals surface area contributed by atoms with Crippen LogP contribution in [0.15, 0.2) is 71.8 Å². The SMILES string of the molecule is Cc1sc(-n2c(C)cc(/C=N/NC(=O)C(O)(c3ccccc3)c3ccccc3)c2C)c(C#N)c1C. The molecule has 0 radical (unpaired) electrons. The second kappa shape index (κ2) is 9.71. The number of rotatable bonds is 6. The number of nitrogens with one attached hydrogen (secondary N) is 1. The number of hydrogen-bond acceptors (Lipinski definition) is 5. The minimum atomic E-state index is -1.90. The smallest absolute Gasteiger partial charge is 0.281 e. The third-order valence-corrected chi connectivity index (χ3v) is 7.43. The first-order chi connectivity index (χ1) is 16.8. The zero-order valence-electron chi connectivity index (χ0n) is 20.0. The Labute approximate surface area is 208 Å². The van der Waals surface area contributed by atoms with E-state index in [0.29, 0.717) is 16.7 Å². The molecule has 2 aromatic carbocycles. The fraction of sp³-hybridized carbons (Fsp3) is 0.179. The molecule has 2 heterocycles. The van der Waals surface area contributed by atoms with Crippen molar-refractivity contribution >= 4 is 23.5 Å². The van der Waals surface area contributed by atoms with Gasteiger partial charge in [0.1, 0.15) is 11.1 Å². The van der Waals surface area contributed by atoms with Crippen molar-refractivity contribution in [2.75, 3.05) is 0 Å². The molecule has 6 nitrogen and oxygen atoms in total. The number of aromatic nitrogens is 1. The second-order valence-corrected chi connectivity index (χ2v) is 9.58. The number of aliphatic hydroxyl groups is 1. The van der Waals surface area contributed by atoms with Crippen LogP contribution in [-0.4, -0.2) is 21.8 Å². The summed E-state index contributed by atoms with van der Waals surface area (Å²) in [6.07, 6.45) is 1.56. The molecular formula is C28H26N4O2S. The van der Waals surface area contributed by atoms with Crippen LogP contribution in [0.5, 0.6) is 0 Å². The minimum absolute atomic E-state index is 0.449. The van der Waals surface area contributed by atoms with Crippen LogP contribution in [0.4, 0.5) is 0 Å². The Hall–Kier alpha value is -3.99. The number of hydrazone groups is 1. The third-order valence-electron chi connectivity index (χ3n) is 6.23. The normalized spacial score (nSPS) is 11.5. The van der Waals surface area contributed by atoms with Crippen LogP contribution < -0.4 is 5.43 Å². The van der Waals surface area contributed by atoms with E-state index in [4.69, 9.17) is 0 Å². The highest BCUT2D eigenvalue weighted by atomic mass is 32.1. The number of thiophene rings is 1. The molecule has 4 rings (SSSR count). The summed E-state index contributed by atoms with van der Waals surface area (Å²) in [4.78, 5) is 14.3. The first-order valence-corrected chi connectivity index (χ1v) is 12.0. The summed E-state index contributed by atoms with van der Waals surface area (Å²) in [7, 11) is 0. The van der Waals surface area contributed by atoms with Gasteiger partial charge < -0.3 is 9.67 Å². The van der Waals surface area contributed by atoms with Crippen LogP contribution in [0.2, 0.25) is 0 Å². The van der Waals surface area contributed by atoms with Crippen molar-refractivity contribution in [3.8, 4) is 11.1 Å². The van der Waals surface area contributed by atoms with E-state index in [1.165, 1.54) is 0 Å². The Balaban J connectivity index is 1.64. The number of carbonyl (C=O) groups excluding carboxylic acids is 1. The van der Waals surface area contributed by atoms with E-state index in [1.807, 2.05) is 50.5 Å². The molecule has 0 unspecified atom stereocenters. The molecule has 0 spiro atoms. The molecule has 0 atom stereocenters. The minimum Gasteiger partial charge on any atom is -0.372 e. The van der Waals surface area contributed by atoms with Crippen molar-refractivity contribution in [1.29, 1.82) is 5.26 Å². The molecule has 0 saturated heterocycles. The van der Waals surface area contributed by atoms with Gasteiger partial charge in [0.2, 0.25) is 0 Å². The predicted molar refractivity (Wildman–Crippen MR) is 139 cm³/mol. The van der Waals surface area contributed by atoms with E-state index in [9.17, 15) is 15.2 Å². The molecule has 0 fully saturated rings. The molecule has 1 amide bonds. The lowest BCUT2D eigenvalue weighted by Gasteiger charge is -2.27. The summed E-state index contributed by atoms with van der Waals surface area (Å²) in [6.45, 7) is 7.89. The fourth-order valence-electron chi connectivity index (χ4n) is 4.16. The maximum absolute atomic E-state index is 13.2. The lowest BCUT2D eigenvalue weighted by atomic mass is 9.85. The molecule has 7 heteroatoms. The standard InChI is InChI=1S/C28H26N4O2S/c1-18-15-22(20(3)32(18)26-25(16-29)19(2)21(4)35-26)17-30-31-27(33)28(34,23-11-7-5-8-12-23)24-13-9-6-10-14-24/h5-15,17,34H,1-4H3,(H,31,33)/b30-17+.